The summed E-state index contributed by atoms with van der Waals surface area (Å²) in [5, 5.41) is 7.78. The van der Waals surface area contributed by atoms with Crippen LogP contribution in [-0.2, 0) is 9.53 Å². The molecular weight excluding hydrogens is 284 g/mol. The number of nitrogens with zero attached hydrogens (tertiary/aromatic N) is 1. The van der Waals surface area contributed by atoms with Gasteiger partial charge in [0.25, 0.3) is 0 Å². The monoisotopic (exact) mass is 308 g/mol. The predicted octanol–water partition coefficient (Wildman–Crippen LogP) is 2.63. The standard InChI is InChI=1S/C16H24N2O2S/c1-3-11(2)14-16(19)18(8-12-4-6-20-9-12)15(17-14)13-5-7-21-10-13/h5,7,10-12,14-15,17H,3-4,6,8-9H2,1-2H3. The van der Waals surface area contributed by atoms with Gasteiger partial charge in [-0.15, -0.1) is 0 Å². The van der Waals surface area contributed by atoms with Gasteiger partial charge in [0.15, 0.2) is 0 Å². The average Bonchev–Trinajstić information content (AvgIpc) is 3.21. The van der Waals surface area contributed by atoms with Crippen LogP contribution in [0, 0.1) is 11.8 Å². The van der Waals surface area contributed by atoms with Gasteiger partial charge in [-0.2, -0.15) is 11.3 Å². The molecule has 0 aliphatic carbocycles. The number of nitrogens with one attached hydrogen (secondary N) is 1. The van der Waals surface area contributed by atoms with E-state index < -0.39 is 0 Å². The summed E-state index contributed by atoms with van der Waals surface area (Å²) in [6.45, 7) is 6.72. The highest BCUT2D eigenvalue weighted by Gasteiger charge is 2.42. The van der Waals surface area contributed by atoms with Crippen molar-refractivity contribution in [1.29, 1.82) is 0 Å². The fourth-order valence-corrected chi connectivity index (χ4v) is 3.87. The van der Waals surface area contributed by atoms with Gasteiger partial charge in [0, 0.05) is 19.1 Å². The number of hydrogen-bond acceptors (Lipinski definition) is 4. The number of hydrogen-bond donors (Lipinski definition) is 1. The number of ether oxygens (including phenoxy) is 1. The Labute approximate surface area is 130 Å². The van der Waals surface area contributed by atoms with E-state index in [1.807, 2.05) is 4.90 Å². The van der Waals surface area contributed by atoms with Crippen LogP contribution in [0.3, 0.4) is 0 Å². The molecule has 4 nitrogen and oxygen atoms in total. The highest BCUT2D eigenvalue weighted by molar-refractivity contribution is 7.07. The minimum atomic E-state index is -0.0535. The molecule has 0 radical (unpaired) electrons. The Morgan fingerprint density at radius 2 is 2.43 bits per heavy atom. The lowest BCUT2D eigenvalue weighted by molar-refractivity contribution is -0.131. The smallest absolute Gasteiger partial charge is 0.241 e. The van der Waals surface area contributed by atoms with E-state index in [1.54, 1.807) is 11.3 Å². The zero-order chi connectivity index (χ0) is 14.8. The fraction of sp³-hybridized carbons (Fsp3) is 0.688. The molecule has 4 atom stereocenters. The largest absolute Gasteiger partial charge is 0.381 e. The van der Waals surface area contributed by atoms with Crippen molar-refractivity contribution in [3.05, 3.63) is 22.4 Å². The van der Waals surface area contributed by atoms with E-state index in [1.165, 1.54) is 5.56 Å². The van der Waals surface area contributed by atoms with Gasteiger partial charge >= 0.3 is 0 Å². The van der Waals surface area contributed by atoms with Gasteiger partial charge in [-0.05, 0) is 34.7 Å². The third-order valence-electron chi connectivity index (χ3n) is 4.75. The maximum atomic E-state index is 12.8. The summed E-state index contributed by atoms with van der Waals surface area (Å²) in [4.78, 5) is 14.9. The molecule has 2 saturated heterocycles. The molecule has 21 heavy (non-hydrogen) atoms. The van der Waals surface area contributed by atoms with Crippen molar-refractivity contribution in [2.45, 2.75) is 38.9 Å². The van der Waals surface area contributed by atoms with Crippen LogP contribution in [0.2, 0.25) is 0 Å². The lowest BCUT2D eigenvalue weighted by Crippen LogP contribution is -2.37. The minimum absolute atomic E-state index is 0.0309. The Morgan fingerprint density at radius 1 is 1.57 bits per heavy atom. The van der Waals surface area contributed by atoms with E-state index in [9.17, 15) is 4.79 Å². The number of thiophene rings is 1. The normalized spacial score (nSPS) is 31.0. The van der Waals surface area contributed by atoms with Crippen molar-refractivity contribution in [3.8, 4) is 0 Å². The van der Waals surface area contributed by atoms with Gasteiger partial charge in [-0.3, -0.25) is 10.1 Å². The maximum absolute atomic E-state index is 12.8. The second-order valence-electron chi connectivity index (χ2n) is 6.21. The highest BCUT2D eigenvalue weighted by Crippen LogP contribution is 2.31. The Morgan fingerprint density at radius 3 is 3.05 bits per heavy atom. The van der Waals surface area contributed by atoms with Crippen molar-refractivity contribution >= 4 is 17.2 Å². The van der Waals surface area contributed by atoms with Crippen LogP contribution in [0.1, 0.15) is 38.4 Å². The first kappa shape index (κ1) is 15.0. The summed E-state index contributed by atoms with van der Waals surface area (Å²) in [6.07, 6.45) is 2.11. The molecule has 116 valence electrons. The van der Waals surface area contributed by atoms with Gasteiger partial charge in [0.05, 0.1) is 12.6 Å². The summed E-state index contributed by atoms with van der Waals surface area (Å²) in [7, 11) is 0. The molecule has 1 aromatic rings. The van der Waals surface area contributed by atoms with Crippen molar-refractivity contribution < 1.29 is 9.53 Å². The fourth-order valence-electron chi connectivity index (χ4n) is 3.19. The summed E-state index contributed by atoms with van der Waals surface area (Å²) in [5.41, 5.74) is 1.21. The molecule has 0 bridgehead atoms. The number of carbonyl (C=O) groups excluding carboxylic acids is 1. The van der Waals surface area contributed by atoms with E-state index in [0.29, 0.717) is 11.8 Å². The van der Waals surface area contributed by atoms with E-state index in [4.69, 9.17) is 4.74 Å². The zero-order valence-electron chi connectivity index (χ0n) is 12.7. The van der Waals surface area contributed by atoms with E-state index in [-0.39, 0.29) is 18.1 Å². The summed E-state index contributed by atoms with van der Waals surface area (Å²) in [5.74, 6) is 1.10. The maximum Gasteiger partial charge on any atom is 0.241 e. The van der Waals surface area contributed by atoms with Crippen molar-refractivity contribution in [3.63, 3.8) is 0 Å². The molecule has 0 aromatic carbocycles. The zero-order valence-corrected chi connectivity index (χ0v) is 13.6. The van der Waals surface area contributed by atoms with Crippen molar-refractivity contribution in [1.82, 2.24) is 10.2 Å². The lowest BCUT2D eigenvalue weighted by atomic mass is 9.99. The van der Waals surface area contributed by atoms with Crippen LogP contribution in [0.4, 0.5) is 0 Å². The Hall–Kier alpha value is -0.910. The molecule has 5 heteroatoms. The van der Waals surface area contributed by atoms with Gasteiger partial charge in [-0.25, -0.2) is 0 Å². The molecule has 3 rings (SSSR count). The van der Waals surface area contributed by atoms with Gasteiger partial charge < -0.3 is 9.64 Å². The average molecular weight is 308 g/mol. The van der Waals surface area contributed by atoms with E-state index >= 15 is 0 Å². The van der Waals surface area contributed by atoms with Gasteiger partial charge in [0.2, 0.25) is 5.91 Å². The molecule has 4 unspecified atom stereocenters. The Bertz CT molecular complexity index is 471. The molecule has 0 spiro atoms. The number of amides is 1. The third-order valence-corrected chi connectivity index (χ3v) is 5.45. The summed E-state index contributed by atoms with van der Waals surface area (Å²) >= 11 is 1.69. The summed E-state index contributed by atoms with van der Waals surface area (Å²) < 4.78 is 5.47. The Kier molecular flexibility index (Phi) is 4.62. The van der Waals surface area contributed by atoms with Crippen LogP contribution in [-0.4, -0.2) is 36.6 Å². The molecule has 2 fully saturated rings. The topological polar surface area (TPSA) is 41.6 Å². The molecule has 2 aliphatic heterocycles. The van der Waals surface area contributed by atoms with E-state index in [0.717, 1.165) is 32.6 Å². The third kappa shape index (κ3) is 3.00. The van der Waals surface area contributed by atoms with Crippen LogP contribution < -0.4 is 5.32 Å². The van der Waals surface area contributed by atoms with Crippen molar-refractivity contribution in [2.24, 2.45) is 11.8 Å². The Balaban J connectivity index is 1.79. The number of carbonyl (C=O) groups is 1. The van der Waals surface area contributed by atoms with Gasteiger partial charge in [0.1, 0.15) is 6.17 Å². The van der Waals surface area contributed by atoms with Crippen LogP contribution in [0.15, 0.2) is 16.8 Å². The second kappa shape index (κ2) is 6.46. The van der Waals surface area contributed by atoms with Crippen LogP contribution in [0.25, 0.3) is 0 Å². The summed E-state index contributed by atoms with van der Waals surface area (Å²) in [6, 6.07) is 2.06. The molecule has 1 aromatic heterocycles. The quantitative estimate of drug-likeness (QED) is 0.909. The van der Waals surface area contributed by atoms with Crippen molar-refractivity contribution in [2.75, 3.05) is 19.8 Å². The van der Waals surface area contributed by atoms with Gasteiger partial charge in [-0.1, -0.05) is 20.3 Å². The van der Waals surface area contributed by atoms with E-state index in [2.05, 4.69) is 36.0 Å². The molecule has 1 amide bonds. The first-order chi connectivity index (χ1) is 10.2. The first-order valence-electron chi connectivity index (χ1n) is 7.87. The molecule has 1 N–H and O–H groups in total. The molecule has 2 aliphatic rings. The minimum Gasteiger partial charge on any atom is -0.381 e. The number of rotatable bonds is 5. The second-order valence-corrected chi connectivity index (χ2v) is 6.99. The molecular formula is C16H24N2O2S. The lowest BCUT2D eigenvalue weighted by Gasteiger charge is -2.26. The molecule has 0 saturated carbocycles. The SMILES string of the molecule is CCC(C)C1NC(c2ccsc2)N(CC2CCOC2)C1=O. The highest BCUT2D eigenvalue weighted by atomic mass is 32.1. The van der Waals surface area contributed by atoms with Crippen LogP contribution in [0.5, 0.6) is 0 Å². The first-order valence-corrected chi connectivity index (χ1v) is 8.81. The predicted molar refractivity (Wildman–Crippen MR) is 84.1 cm³/mol. The molecule has 3 heterocycles. The van der Waals surface area contributed by atoms with Crippen LogP contribution >= 0.6 is 11.3 Å².